The molecule has 5 N–H and O–H groups in total. The van der Waals surface area contributed by atoms with Gasteiger partial charge in [-0.15, -0.1) is 0 Å². The summed E-state index contributed by atoms with van der Waals surface area (Å²) in [5, 5.41) is 8.25. The summed E-state index contributed by atoms with van der Waals surface area (Å²) < 4.78 is 10.8. The minimum Gasteiger partial charge on any atom is -0.444 e. The van der Waals surface area contributed by atoms with Crippen LogP contribution in [0.1, 0.15) is 98.8 Å². The van der Waals surface area contributed by atoms with E-state index in [0.717, 1.165) is 38.5 Å². The number of hydrogen-bond donors (Lipinski definition) is 4. The maximum atomic E-state index is 13.9. The highest BCUT2D eigenvalue weighted by atomic mass is 16.6. The normalized spacial score (nSPS) is 27.9. The Kier molecular flexibility index (Phi) is 8.98. The number of carbonyl (C=O) groups excluding carboxylic acids is 6. The van der Waals surface area contributed by atoms with E-state index in [0.29, 0.717) is 19.4 Å². The lowest BCUT2D eigenvalue weighted by Gasteiger charge is -2.37. The molecule has 0 aromatic carbocycles. The number of carbonyl (C=O) groups is 6. The summed E-state index contributed by atoms with van der Waals surface area (Å²) in [4.78, 5) is 80.3. The molecule has 5 fully saturated rings. The van der Waals surface area contributed by atoms with Crippen LogP contribution in [-0.2, 0) is 33.4 Å². The van der Waals surface area contributed by atoms with Gasteiger partial charge in [0.15, 0.2) is 0 Å². The zero-order valence-corrected chi connectivity index (χ0v) is 27.9. The first-order chi connectivity index (χ1) is 21.5. The van der Waals surface area contributed by atoms with E-state index in [-0.39, 0.29) is 54.8 Å². The van der Waals surface area contributed by atoms with Crippen LogP contribution in [0.5, 0.6) is 0 Å². The number of Topliss-reactive ketones (excluding diaryl/α,β-unsaturated/α-hetero) is 1. The number of ketones is 1. The van der Waals surface area contributed by atoms with E-state index in [2.05, 4.69) is 29.8 Å². The van der Waals surface area contributed by atoms with Gasteiger partial charge in [0, 0.05) is 38.0 Å². The van der Waals surface area contributed by atoms with Crippen LogP contribution in [0.2, 0.25) is 0 Å². The van der Waals surface area contributed by atoms with Crippen molar-refractivity contribution in [1.82, 2.24) is 20.9 Å². The lowest BCUT2D eigenvalue weighted by Crippen LogP contribution is -2.62. The Morgan fingerprint density at radius 1 is 0.978 bits per heavy atom. The van der Waals surface area contributed by atoms with Crippen molar-refractivity contribution in [2.45, 2.75) is 122 Å². The van der Waals surface area contributed by atoms with Crippen molar-refractivity contribution in [2.75, 3.05) is 26.3 Å². The number of alkyl carbamates (subject to hydrolysis) is 1. The molecule has 3 saturated carbocycles. The molecule has 2 spiro atoms. The van der Waals surface area contributed by atoms with Gasteiger partial charge >= 0.3 is 6.09 Å². The number of hydrogen-bond acceptors (Lipinski definition) is 8. The molecule has 2 aliphatic heterocycles. The van der Waals surface area contributed by atoms with Gasteiger partial charge in [-0.1, -0.05) is 39.5 Å². The van der Waals surface area contributed by atoms with Gasteiger partial charge in [-0.3, -0.25) is 24.0 Å². The minimum absolute atomic E-state index is 0.0364. The smallest absolute Gasteiger partial charge is 0.408 e. The summed E-state index contributed by atoms with van der Waals surface area (Å²) in [5.41, 5.74) is 2.94. The van der Waals surface area contributed by atoms with Crippen molar-refractivity contribution in [3.63, 3.8) is 0 Å². The van der Waals surface area contributed by atoms with Crippen molar-refractivity contribution in [2.24, 2.45) is 27.9 Å². The second-order valence-electron chi connectivity index (χ2n) is 15.7. The Balaban J connectivity index is 1.32. The molecular formula is C33H51N5O8. The monoisotopic (exact) mass is 645 g/mol. The number of nitrogens with one attached hydrogen (secondary N) is 3. The molecule has 2 heterocycles. The van der Waals surface area contributed by atoms with E-state index in [1.54, 1.807) is 20.8 Å². The fraction of sp³-hybridized carbons (Fsp3) is 0.818. The van der Waals surface area contributed by atoms with E-state index < -0.39 is 58.7 Å². The molecule has 5 aliphatic rings. The van der Waals surface area contributed by atoms with E-state index in [9.17, 15) is 28.8 Å². The number of nitrogens with two attached hydrogens (primary N) is 1. The molecular weight excluding hydrogens is 594 g/mol. The van der Waals surface area contributed by atoms with Crippen molar-refractivity contribution >= 4 is 35.5 Å². The summed E-state index contributed by atoms with van der Waals surface area (Å²) in [7, 11) is 0. The Morgan fingerprint density at radius 2 is 1.63 bits per heavy atom. The molecule has 2 saturated heterocycles. The van der Waals surface area contributed by atoms with Gasteiger partial charge in [0.1, 0.15) is 17.2 Å². The average Bonchev–Trinajstić information content (AvgIpc) is 3.15. The number of rotatable bonds is 10. The molecule has 46 heavy (non-hydrogen) atoms. The zero-order chi connectivity index (χ0) is 33.7. The summed E-state index contributed by atoms with van der Waals surface area (Å²) in [6.45, 7) is 10.1. The van der Waals surface area contributed by atoms with Gasteiger partial charge in [0.25, 0.3) is 5.91 Å². The van der Waals surface area contributed by atoms with Crippen LogP contribution in [0.25, 0.3) is 0 Å². The predicted molar refractivity (Wildman–Crippen MR) is 166 cm³/mol. The maximum absolute atomic E-state index is 13.9. The van der Waals surface area contributed by atoms with Crippen LogP contribution in [0.4, 0.5) is 4.79 Å². The molecule has 3 atom stereocenters. The van der Waals surface area contributed by atoms with Crippen LogP contribution < -0.4 is 21.7 Å². The van der Waals surface area contributed by atoms with Crippen LogP contribution in [0, 0.1) is 22.2 Å². The van der Waals surface area contributed by atoms with Gasteiger partial charge in [0.2, 0.25) is 23.5 Å². The van der Waals surface area contributed by atoms with Gasteiger partial charge in [-0.2, -0.15) is 0 Å². The van der Waals surface area contributed by atoms with E-state index >= 15 is 0 Å². The third kappa shape index (κ3) is 5.88. The molecule has 5 rings (SSSR count). The molecule has 5 amide bonds. The molecule has 256 valence electrons. The maximum Gasteiger partial charge on any atom is 0.408 e. The van der Waals surface area contributed by atoms with Crippen LogP contribution in [0.3, 0.4) is 0 Å². The highest BCUT2D eigenvalue weighted by molar-refractivity contribution is 6.37. The fourth-order valence-electron chi connectivity index (χ4n) is 8.88. The highest BCUT2D eigenvalue weighted by Crippen LogP contribution is 2.88. The Morgan fingerprint density at radius 3 is 2.13 bits per heavy atom. The number of likely N-dealkylation sites (tertiary alicyclic amines) is 1. The van der Waals surface area contributed by atoms with Gasteiger partial charge in [-0.25, -0.2) is 4.79 Å². The number of fused-ring (bicyclic) bond motifs is 1. The van der Waals surface area contributed by atoms with Gasteiger partial charge < -0.3 is 36.1 Å². The minimum atomic E-state index is -1.32. The van der Waals surface area contributed by atoms with E-state index in [1.807, 2.05) is 0 Å². The number of primary amides is 1. The quantitative estimate of drug-likeness (QED) is 0.259. The Labute approximate surface area is 270 Å². The summed E-state index contributed by atoms with van der Waals surface area (Å²) >= 11 is 0. The molecule has 0 radical (unpaired) electrons. The molecule has 3 aliphatic carbocycles. The summed E-state index contributed by atoms with van der Waals surface area (Å²) in [5.74, 6) is -3.15. The number of ether oxygens (including phenoxy) is 2. The number of nitrogens with zero attached hydrogens (tertiary/aromatic N) is 1. The zero-order valence-electron chi connectivity index (χ0n) is 27.9. The molecule has 0 bridgehead atoms. The standard InChI is InChI=1S/C33H51N5O8/c1-29(2,3)46-28(44)37-31(12-14-45-15-13-31)27(43)35-18-23(39)38-19-33(30(4,5)32(33)10-7-11-32)17-22(38)26(42)36-21(24(40)25(34)41)16-20-8-6-9-20/h20-22H,6-19H2,1-5H3,(H2,34,41)(H,35,43)(H,36,42)(H,37,44)/t21?,22-,33-/m0/s1. The van der Waals surface area contributed by atoms with E-state index in [4.69, 9.17) is 15.2 Å². The summed E-state index contributed by atoms with van der Waals surface area (Å²) in [6, 6.07) is -1.91. The SMILES string of the molecule is CC(C)(C)OC(=O)NC1(C(=O)NCC(=O)N2C[C@@]3(C[C@H]2C(=O)NC(CC2CCC2)C(=O)C(N)=O)C(C)(C)C32CCC2)CCOCC1. The van der Waals surface area contributed by atoms with Crippen molar-refractivity contribution < 1.29 is 38.2 Å². The fourth-order valence-corrected chi connectivity index (χ4v) is 8.88. The second kappa shape index (κ2) is 12.1. The first-order valence-electron chi connectivity index (χ1n) is 16.8. The van der Waals surface area contributed by atoms with Crippen LogP contribution in [-0.4, -0.2) is 89.9 Å². The topological polar surface area (TPSA) is 186 Å². The largest absolute Gasteiger partial charge is 0.444 e. The molecule has 13 nitrogen and oxygen atoms in total. The predicted octanol–water partition coefficient (Wildman–Crippen LogP) is 1.70. The van der Waals surface area contributed by atoms with Gasteiger partial charge in [0.05, 0.1) is 12.6 Å². The molecule has 0 aromatic rings. The Hall–Kier alpha value is -3.22. The molecule has 1 unspecified atom stereocenters. The van der Waals surface area contributed by atoms with Gasteiger partial charge in [-0.05, 0) is 63.2 Å². The first kappa shape index (κ1) is 34.1. The van der Waals surface area contributed by atoms with Crippen molar-refractivity contribution in [3.05, 3.63) is 0 Å². The lowest BCUT2D eigenvalue weighted by molar-refractivity contribution is -0.142. The third-order valence-electron chi connectivity index (χ3n) is 12.0. The van der Waals surface area contributed by atoms with E-state index in [1.165, 1.54) is 4.90 Å². The first-order valence-corrected chi connectivity index (χ1v) is 16.8. The third-order valence-corrected chi connectivity index (χ3v) is 12.0. The van der Waals surface area contributed by atoms with Crippen LogP contribution >= 0.6 is 0 Å². The summed E-state index contributed by atoms with van der Waals surface area (Å²) in [6.07, 6.45) is 6.47. The van der Waals surface area contributed by atoms with Crippen molar-refractivity contribution in [1.29, 1.82) is 0 Å². The number of amides is 5. The van der Waals surface area contributed by atoms with Crippen LogP contribution in [0.15, 0.2) is 0 Å². The average molecular weight is 646 g/mol. The second-order valence-corrected chi connectivity index (χ2v) is 15.7. The molecule has 0 aromatic heterocycles. The Bertz CT molecular complexity index is 1280. The van der Waals surface area contributed by atoms with Crippen molar-refractivity contribution in [3.8, 4) is 0 Å². The lowest BCUT2D eigenvalue weighted by atomic mass is 9.73. The highest BCUT2D eigenvalue weighted by Gasteiger charge is 2.85. The molecule has 13 heteroatoms.